The zero-order chi connectivity index (χ0) is 12.9. The second-order valence-electron chi connectivity index (χ2n) is 4.99. The Morgan fingerprint density at radius 2 is 1.94 bits per heavy atom. The Kier molecular flexibility index (Phi) is 5.40. The standard InChI is InChI=1S/C13H27N3O/c1-4-13(5-2,10-14)16(6-3)9-12(17)15-11-7-8-11/h11H,4-10,14H2,1-3H3,(H,15,17). The smallest absolute Gasteiger partial charge is 0.234 e. The van der Waals surface area contributed by atoms with Gasteiger partial charge in [0.25, 0.3) is 0 Å². The molecular weight excluding hydrogens is 214 g/mol. The molecule has 0 atom stereocenters. The summed E-state index contributed by atoms with van der Waals surface area (Å²) in [6.45, 7) is 8.36. The van der Waals surface area contributed by atoms with Gasteiger partial charge in [0.15, 0.2) is 0 Å². The predicted molar refractivity (Wildman–Crippen MR) is 70.8 cm³/mol. The number of nitrogens with one attached hydrogen (secondary N) is 1. The summed E-state index contributed by atoms with van der Waals surface area (Å²) in [6.07, 6.45) is 4.26. The van der Waals surface area contributed by atoms with Gasteiger partial charge in [-0.1, -0.05) is 20.8 Å². The Balaban J connectivity index is 2.57. The molecule has 0 aromatic carbocycles. The number of hydrogen-bond acceptors (Lipinski definition) is 3. The van der Waals surface area contributed by atoms with Gasteiger partial charge >= 0.3 is 0 Å². The van der Waals surface area contributed by atoms with Crippen LogP contribution in [-0.2, 0) is 4.79 Å². The summed E-state index contributed by atoms with van der Waals surface area (Å²) in [4.78, 5) is 14.1. The molecule has 0 bridgehead atoms. The molecule has 1 aliphatic carbocycles. The fourth-order valence-electron chi connectivity index (χ4n) is 2.40. The summed E-state index contributed by atoms with van der Waals surface area (Å²) in [5.74, 6) is 0.147. The van der Waals surface area contributed by atoms with Crippen molar-refractivity contribution in [1.29, 1.82) is 0 Å². The second kappa shape index (κ2) is 6.36. The van der Waals surface area contributed by atoms with Crippen molar-refractivity contribution in [1.82, 2.24) is 10.2 Å². The first-order chi connectivity index (χ1) is 8.11. The minimum atomic E-state index is -0.0182. The van der Waals surface area contributed by atoms with Gasteiger partial charge in [-0.2, -0.15) is 0 Å². The van der Waals surface area contributed by atoms with E-state index in [-0.39, 0.29) is 11.4 Å². The van der Waals surface area contributed by atoms with Crippen LogP contribution in [0.4, 0.5) is 0 Å². The van der Waals surface area contributed by atoms with Crippen molar-refractivity contribution < 1.29 is 4.79 Å². The molecule has 17 heavy (non-hydrogen) atoms. The molecule has 1 amide bonds. The van der Waals surface area contributed by atoms with Crippen molar-refractivity contribution >= 4 is 5.91 Å². The molecule has 0 saturated heterocycles. The average Bonchev–Trinajstić information content (AvgIpc) is 3.14. The molecule has 0 radical (unpaired) electrons. The molecule has 0 heterocycles. The number of rotatable bonds is 8. The first kappa shape index (κ1) is 14.5. The molecule has 3 N–H and O–H groups in total. The first-order valence-corrected chi connectivity index (χ1v) is 6.86. The number of amides is 1. The maximum absolute atomic E-state index is 11.9. The van der Waals surface area contributed by atoms with Crippen molar-refractivity contribution in [3.05, 3.63) is 0 Å². The summed E-state index contributed by atoms with van der Waals surface area (Å²) < 4.78 is 0. The monoisotopic (exact) mass is 241 g/mol. The summed E-state index contributed by atoms with van der Waals surface area (Å²) in [5, 5.41) is 3.04. The maximum Gasteiger partial charge on any atom is 0.234 e. The highest BCUT2D eigenvalue weighted by molar-refractivity contribution is 5.78. The van der Waals surface area contributed by atoms with Crippen molar-refractivity contribution in [3.8, 4) is 0 Å². The molecule has 4 heteroatoms. The van der Waals surface area contributed by atoms with E-state index in [0.717, 1.165) is 32.2 Å². The van der Waals surface area contributed by atoms with Crippen LogP contribution >= 0.6 is 0 Å². The van der Waals surface area contributed by atoms with E-state index in [1.54, 1.807) is 0 Å². The van der Waals surface area contributed by atoms with E-state index in [9.17, 15) is 4.79 Å². The van der Waals surface area contributed by atoms with Crippen LogP contribution in [0.5, 0.6) is 0 Å². The summed E-state index contributed by atoms with van der Waals surface area (Å²) in [6, 6.07) is 0.441. The van der Waals surface area contributed by atoms with Gasteiger partial charge in [0.2, 0.25) is 5.91 Å². The van der Waals surface area contributed by atoms with Crippen LogP contribution in [0.2, 0.25) is 0 Å². The summed E-state index contributed by atoms with van der Waals surface area (Å²) in [7, 11) is 0. The van der Waals surface area contributed by atoms with E-state index < -0.39 is 0 Å². The predicted octanol–water partition coefficient (Wildman–Crippen LogP) is 1.10. The lowest BCUT2D eigenvalue weighted by Gasteiger charge is -2.41. The Morgan fingerprint density at radius 1 is 1.35 bits per heavy atom. The third-order valence-electron chi connectivity index (χ3n) is 4.03. The van der Waals surface area contributed by atoms with Crippen LogP contribution in [0.15, 0.2) is 0 Å². The highest BCUT2D eigenvalue weighted by atomic mass is 16.2. The molecular formula is C13H27N3O. The molecule has 100 valence electrons. The SMILES string of the molecule is CCN(CC(=O)NC1CC1)C(CC)(CC)CN. The highest BCUT2D eigenvalue weighted by Gasteiger charge is 2.33. The Hall–Kier alpha value is -0.610. The largest absolute Gasteiger partial charge is 0.352 e. The van der Waals surface area contributed by atoms with Crippen molar-refractivity contribution in [2.24, 2.45) is 5.73 Å². The molecule has 1 fully saturated rings. The van der Waals surface area contributed by atoms with Gasteiger partial charge < -0.3 is 11.1 Å². The lowest BCUT2D eigenvalue weighted by atomic mass is 9.90. The van der Waals surface area contributed by atoms with Crippen LogP contribution in [0.25, 0.3) is 0 Å². The van der Waals surface area contributed by atoms with E-state index in [1.807, 2.05) is 0 Å². The van der Waals surface area contributed by atoms with Crippen molar-refractivity contribution in [2.45, 2.75) is 58.0 Å². The van der Waals surface area contributed by atoms with Gasteiger partial charge in [0.1, 0.15) is 0 Å². The molecule has 0 spiro atoms. The Bertz CT molecular complexity index is 239. The minimum absolute atomic E-state index is 0.0182. The molecule has 1 rings (SSSR count). The Labute approximate surface area is 105 Å². The zero-order valence-corrected chi connectivity index (χ0v) is 11.5. The fourth-order valence-corrected chi connectivity index (χ4v) is 2.40. The topological polar surface area (TPSA) is 58.4 Å². The highest BCUT2D eigenvalue weighted by Crippen LogP contribution is 2.23. The number of carbonyl (C=O) groups excluding carboxylic acids is 1. The molecule has 1 aliphatic rings. The number of nitrogens with two attached hydrogens (primary N) is 1. The van der Waals surface area contributed by atoms with Crippen LogP contribution in [-0.4, -0.2) is 42.0 Å². The fraction of sp³-hybridized carbons (Fsp3) is 0.923. The third kappa shape index (κ3) is 3.68. The van der Waals surface area contributed by atoms with Crippen LogP contribution in [0.1, 0.15) is 46.5 Å². The van der Waals surface area contributed by atoms with Crippen LogP contribution < -0.4 is 11.1 Å². The van der Waals surface area contributed by atoms with Crippen LogP contribution in [0, 0.1) is 0 Å². The van der Waals surface area contributed by atoms with Gasteiger partial charge in [0.05, 0.1) is 6.54 Å². The van der Waals surface area contributed by atoms with Gasteiger partial charge in [-0.25, -0.2) is 0 Å². The Morgan fingerprint density at radius 3 is 2.29 bits per heavy atom. The summed E-state index contributed by atoms with van der Waals surface area (Å²) in [5.41, 5.74) is 5.90. The van der Waals surface area contributed by atoms with Crippen molar-refractivity contribution in [2.75, 3.05) is 19.6 Å². The normalized spacial score (nSPS) is 16.3. The van der Waals surface area contributed by atoms with Gasteiger partial charge in [-0.05, 0) is 32.2 Å². The average molecular weight is 241 g/mol. The van der Waals surface area contributed by atoms with E-state index in [1.165, 1.54) is 0 Å². The molecule has 0 unspecified atom stereocenters. The third-order valence-corrected chi connectivity index (χ3v) is 4.03. The minimum Gasteiger partial charge on any atom is -0.352 e. The number of likely N-dealkylation sites (N-methyl/N-ethyl adjacent to an activating group) is 1. The van der Waals surface area contributed by atoms with E-state index in [0.29, 0.717) is 19.1 Å². The van der Waals surface area contributed by atoms with Gasteiger partial charge in [-0.15, -0.1) is 0 Å². The molecule has 4 nitrogen and oxygen atoms in total. The van der Waals surface area contributed by atoms with E-state index >= 15 is 0 Å². The zero-order valence-electron chi connectivity index (χ0n) is 11.5. The lowest BCUT2D eigenvalue weighted by Crippen LogP contribution is -2.56. The number of carbonyl (C=O) groups is 1. The maximum atomic E-state index is 11.9. The first-order valence-electron chi connectivity index (χ1n) is 6.86. The van der Waals surface area contributed by atoms with Crippen LogP contribution in [0.3, 0.4) is 0 Å². The number of hydrogen-bond donors (Lipinski definition) is 2. The van der Waals surface area contributed by atoms with E-state index in [2.05, 4.69) is 31.0 Å². The van der Waals surface area contributed by atoms with Gasteiger partial charge in [0, 0.05) is 18.1 Å². The molecule has 0 aliphatic heterocycles. The number of nitrogens with zero attached hydrogens (tertiary/aromatic N) is 1. The second-order valence-corrected chi connectivity index (χ2v) is 4.99. The molecule has 0 aromatic heterocycles. The van der Waals surface area contributed by atoms with Crippen molar-refractivity contribution in [3.63, 3.8) is 0 Å². The summed E-state index contributed by atoms with van der Waals surface area (Å²) >= 11 is 0. The lowest BCUT2D eigenvalue weighted by molar-refractivity contribution is -0.124. The van der Waals surface area contributed by atoms with Gasteiger partial charge in [-0.3, -0.25) is 9.69 Å². The van der Waals surface area contributed by atoms with E-state index in [4.69, 9.17) is 5.73 Å². The molecule has 0 aromatic rings. The quantitative estimate of drug-likeness (QED) is 0.669. The molecule has 1 saturated carbocycles.